The molecule has 0 heterocycles. The Hall–Kier alpha value is -1.17. The minimum Gasteiger partial charge on any atom is -0.489 e. The van der Waals surface area contributed by atoms with Gasteiger partial charge in [0.25, 0.3) is 0 Å². The summed E-state index contributed by atoms with van der Waals surface area (Å²) >= 11 is 4.99. The van der Waals surface area contributed by atoms with Gasteiger partial charge in [0.05, 0.1) is 11.8 Å². The van der Waals surface area contributed by atoms with E-state index >= 15 is 0 Å². The van der Waals surface area contributed by atoms with Crippen LogP contribution in [0.5, 0.6) is 5.75 Å². The topological polar surface area (TPSA) is 55.5 Å². The number of aliphatic hydroxyl groups excluding tert-OH is 1. The molecule has 20 heavy (non-hydrogen) atoms. The predicted molar refractivity (Wildman–Crippen MR) is 87.2 cm³/mol. The molecule has 0 amide bonds. The van der Waals surface area contributed by atoms with Gasteiger partial charge in [-0.25, -0.2) is 0 Å². The van der Waals surface area contributed by atoms with Crippen molar-refractivity contribution in [3.63, 3.8) is 0 Å². The van der Waals surface area contributed by atoms with Gasteiger partial charge in [-0.1, -0.05) is 28.1 Å². The van der Waals surface area contributed by atoms with Crippen molar-refractivity contribution in [1.29, 1.82) is 0 Å². The van der Waals surface area contributed by atoms with Gasteiger partial charge in [-0.3, -0.25) is 0 Å². The van der Waals surface area contributed by atoms with Gasteiger partial charge in [0.15, 0.2) is 0 Å². The summed E-state index contributed by atoms with van der Waals surface area (Å²) in [5.41, 5.74) is 6.35. The Balaban J connectivity index is 1.77. The van der Waals surface area contributed by atoms with Crippen molar-refractivity contribution >= 4 is 33.4 Å². The van der Waals surface area contributed by atoms with E-state index in [4.69, 9.17) is 10.5 Å². The summed E-state index contributed by atoms with van der Waals surface area (Å²) in [5, 5.41) is 9.92. The van der Waals surface area contributed by atoms with Crippen LogP contribution in [0.2, 0.25) is 0 Å². The molecule has 106 valence electrons. The summed E-state index contributed by atoms with van der Waals surface area (Å²) in [6.07, 6.45) is -0.539. The number of hydrogen-bond acceptors (Lipinski definition) is 4. The molecule has 0 bridgehead atoms. The molecular weight excluding hydrogens is 338 g/mol. The van der Waals surface area contributed by atoms with E-state index < -0.39 is 6.10 Å². The Morgan fingerprint density at radius 2 is 1.85 bits per heavy atom. The molecule has 0 saturated heterocycles. The first-order chi connectivity index (χ1) is 9.65. The van der Waals surface area contributed by atoms with Gasteiger partial charge in [0.2, 0.25) is 0 Å². The number of hydrogen-bond donors (Lipinski definition) is 2. The lowest BCUT2D eigenvalue weighted by Crippen LogP contribution is -2.20. The molecule has 0 aliphatic heterocycles. The van der Waals surface area contributed by atoms with Crippen molar-refractivity contribution < 1.29 is 9.84 Å². The van der Waals surface area contributed by atoms with E-state index in [1.807, 2.05) is 36.4 Å². The lowest BCUT2D eigenvalue weighted by molar-refractivity contribution is 0.127. The lowest BCUT2D eigenvalue weighted by Gasteiger charge is -2.13. The zero-order chi connectivity index (χ0) is 14.4. The quantitative estimate of drug-likeness (QED) is 0.615. The molecule has 0 fully saturated rings. The summed E-state index contributed by atoms with van der Waals surface area (Å²) in [6.45, 7) is 0.234. The molecule has 3 N–H and O–H groups in total. The Morgan fingerprint density at radius 1 is 1.15 bits per heavy atom. The highest BCUT2D eigenvalue weighted by atomic mass is 79.9. The largest absolute Gasteiger partial charge is 0.489 e. The molecule has 0 aromatic heterocycles. The summed E-state index contributed by atoms with van der Waals surface area (Å²) in [5.74, 6) is 1.19. The fraction of sp³-hybridized carbons (Fsp3) is 0.200. The monoisotopic (exact) mass is 353 g/mol. The van der Waals surface area contributed by atoms with E-state index in [0.717, 1.165) is 9.37 Å². The van der Waals surface area contributed by atoms with Crippen LogP contribution in [-0.4, -0.2) is 23.6 Å². The number of thioether (sulfide) groups is 1. The van der Waals surface area contributed by atoms with Crippen LogP contribution < -0.4 is 10.5 Å². The lowest BCUT2D eigenvalue weighted by atomic mass is 10.3. The summed E-state index contributed by atoms with van der Waals surface area (Å²) in [6, 6.07) is 15.3. The Morgan fingerprint density at radius 3 is 2.55 bits per heavy atom. The Labute approximate surface area is 131 Å². The molecule has 0 radical (unpaired) electrons. The smallest absolute Gasteiger partial charge is 0.142 e. The second-order valence-corrected chi connectivity index (χ2v) is 6.28. The van der Waals surface area contributed by atoms with Crippen LogP contribution in [0.25, 0.3) is 0 Å². The average molecular weight is 354 g/mol. The molecule has 0 aliphatic carbocycles. The highest BCUT2D eigenvalue weighted by Gasteiger charge is 2.07. The second kappa shape index (κ2) is 7.57. The van der Waals surface area contributed by atoms with Gasteiger partial charge in [-0.15, -0.1) is 11.8 Å². The van der Waals surface area contributed by atoms with Crippen LogP contribution in [0.3, 0.4) is 0 Å². The van der Waals surface area contributed by atoms with Gasteiger partial charge < -0.3 is 15.6 Å². The molecular formula is C15H16BrNO2S. The molecule has 0 saturated carbocycles. The molecule has 1 unspecified atom stereocenters. The van der Waals surface area contributed by atoms with Crippen molar-refractivity contribution in [3.8, 4) is 5.75 Å². The normalized spacial score (nSPS) is 12.1. The average Bonchev–Trinajstić information content (AvgIpc) is 2.46. The summed E-state index contributed by atoms with van der Waals surface area (Å²) in [4.78, 5) is 1.12. The Bertz CT molecular complexity index is 548. The van der Waals surface area contributed by atoms with Gasteiger partial charge >= 0.3 is 0 Å². The number of para-hydroxylation sites is 2. The van der Waals surface area contributed by atoms with Gasteiger partial charge in [-0.05, 0) is 36.4 Å². The fourth-order valence-corrected chi connectivity index (χ4v) is 2.64. The highest BCUT2D eigenvalue weighted by Crippen LogP contribution is 2.23. The summed E-state index contributed by atoms with van der Waals surface area (Å²) in [7, 11) is 0. The van der Waals surface area contributed by atoms with E-state index in [1.165, 1.54) is 0 Å². The third-order valence-corrected chi connectivity index (χ3v) is 4.29. The minimum atomic E-state index is -0.539. The Kier molecular flexibility index (Phi) is 5.76. The number of nitrogen functional groups attached to an aromatic ring is 1. The minimum absolute atomic E-state index is 0.234. The van der Waals surface area contributed by atoms with E-state index in [-0.39, 0.29) is 6.61 Å². The van der Waals surface area contributed by atoms with E-state index in [0.29, 0.717) is 17.2 Å². The maximum absolute atomic E-state index is 9.92. The highest BCUT2D eigenvalue weighted by molar-refractivity contribution is 9.10. The van der Waals surface area contributed by atoms with Crippen molar-refractivity contribution in [3.05, 3.63) is 53.0 Å². The number of aliphatic hydroxyl groups is 1. The molecule has 0 spiro atoms. The first kappa shape index (κ1) is 15.2. The number of benzene rings is 2. The fourth-order valence-electron chi connectivity index (χ4n) is 1.57. The van der Waals surface area contributed by atoms with Crippen LogP contribution in [0.1, 0.15) is 0 Å². The maximum Gasteiger partial charge on any atom is 0.142 e. The summed E-state index contributed by atoms with van der Waals surface area (Å²) < 4.78 is 6.56. The third-order valence-electron chi connectivity index (χ3n) is 2.61. The van der Waals surface area contributed by atoms with Crippen molar-refractivity contribution in [1.82, 2.24) is 0 Å². The SMILES string of the molecule is Nc1ccccc1OCC(O)CSc1ccc(Br)cc1. The molecule has 0 aliphatic rings. The van der Waals surface area contributed by atoms with Gasteiger partial charge in [0, 0.05) is 15.1 Å². The first-order valence-corrected chi connectivity index (χ1v) is 7.97. The number of rotatable bonds is 6. The first-order valence-electron chi connectivity index (χ1n) is 6.19. The van der Waals surface area contributed by atoms with E-state index in [9.17, 15) is 5.11 Å². The van der Waals surface area contributed by atoms with Gasteiger partial charge in [0.1, 0.15) is 12.4 Å². The molecule has 2 rings (SSSR count). The third kappa shape index (κ3) is 4.74. The molecule has 1 atom stereocenters. The van der Waals surface area contributed by atoms with Gasteiger partial charge in [-0.2, -0.15) is 0 Å². The maximum atomic E-state index is 9.92. The number of halogens is 1. The van der Waals surface area contributed by atoms with Crippen molar-refractivity contribution in [2.45, 2.75) is 11.0 Å². The van der Waals surface area contributed by atoms with Crippen LogP contribution in [0, 0.1) is 0 Å². The molecule has 2 aromatic carbocycles. The molecule has 3 nitrogen and oxygen atoms in total. The van der Waals surface area contributed by atoms with Crippen LogP contribution in [0.15, 0.2) is 57.9 Å². The van der Waals surface area contributed by atoms with Crippen molar-refractivity contribution in [2.24, 2.45) is 0 Å². The number of ether oxygens (including phenoxy) is 1. The van der Waals surface area contributed by atoms with Crippen LogP contribution in [-0.2, 0) is 0 Å². The number of anilines is 1. The molecule has 5 heteroatoms. The standard InChI is InChI=1S/C15H16BrNO2S/c16-11-5-7-13(8-6-11)20-10-12(18)9-19-15-4-2-1-3-14(15)17/h1-8,12,18H,9-10,17H2. The van der Waals surface area contributed by atoms with Crippen LogP contribution in [0.4, 0.5) is 5.69 Å². The second-order valence-electron chi connectivity index (χ2n) is 4.27. The van der Waals surface area contributed by atoms with E-state index in [1.54, 1.807) is 23.9 Å². The predicted octanol–water partition coefficient (Wildman–Crippen LogP) is 3.56. The molecule has 2 aromatic rings. The zero-order valence-electron chi connectivity index (χ0n) is 10.8. The number of nitrogens with two attached hydrogens (primary N) is 1. The van der Waals surface area contributed by atoms with Crippen molar-refractivity contribution in [2.75, 3.05) is 18.1 Å². The van der Waals surface area contributed by atoms with E-state index in [2.05, 4.69) is 15.9 Å². The van der Waals surface area contributed by atoms with Crippen LogP contribution >= 0.6 is 27.7 Å². The zero-order valence-corrected chi connectivity index (χ0v) is 13.2.